The molecule has 1 aliphatic rings. The van der Waals surface area contributed by atoms with E-state index in [1.807, 2.05) is 49.4 Å². The molecule has 0 aliphatic carbocycles. The third-order valence-corrected chi connectivity index (χ3v) is 7.57. The molecule has 5 nitrogen and oxygen atoms in total. The van der Waals surface area contributed by atoms with Crippen molar-refractivity contribution in [3.8, 4) is 0 Å². The minimum atomic E-state index is -3.60. The van der Waals surface area contributed by atoms with Crippen molar-refractivity contribution in [1.82, 2.24) is 0 Å². The average molecular weight is 413 g/mol. The first-order valence-corrected chi connectivity index (χ1v) is 11.3. The Kier molecular flexibility index (Phi) is 4.95. The maximum atomic E-state index is 12.9. The Balaban J connectivity index is 1.61. The van der Waals surface area contributed by atoms with Crippen LogP contribution in [0.5, 0.6) is 0 Å². The summed E-state index contributed by atoms with van der Waals surface area (Å²) in [6.07, 6.45) is 1.65. The maximum Gasteiger partial charge on any atom is 0.271 e. The quantitative estimate of drug-likeness (QED) is 0.688. The number of carbonyl (C=O) groups is 1. The van der Waals surface area contributed by atoms with E-state index >= 15 is 0 Å². The van der Waals surface area contributed by atoms with Crippen molar-refractivity contribution in [2.24, 2.45) is 0 Å². The normalized spacial score (nSPS) is 13.8. The number of aryl methyl sites for hydroxylation is 2. The predicted octanol–water partition coefficient (Wildman–Crippen LogP) is 4.45. The van der Waals surface area contributed by atoms with Gasteiger partial charge in [-0.2, -0.15) is 0 Å². The number of nitrogens with one attached hydrogen (secondary N) is 1. The van der Waals surface area contributed by atoms with Crippen molar-refractivity contribution < 1.29 is 13.2 Å². The van der Waals surface area contributed by atoms with Crippen LogP contribution >= 0.6 is 11.3 Å². The summed E-state index contributed by atoms with van der Waals surface area (Å²) < 4.78 is 28.1. The van der Waals surface area contributed by atoms with Crippen LogP contribution in [-0.2, 0) is 16.4 Å². The summed E-state index contributed by atoms with van der Waals surface area (Å²) >= 11 is 1.24. The van der Waals surface area contributed by atoms with Crippen LogP contribution in [0.15, 0.2) is 64.9 Å². The Hall–Kier alpha value is -2.64. The molecule has 1 aromatic heterocycles. The van der Waals surface area contributed by atoms with Crippen LogP contribution in [-0.4, -0.2) is 20.9 Å². The smallest absolute Gasteiger partial charge is 0.271 e. The summed E-state index contributed by atoms with van der Waals surface area (Å²) in [5, 5.41) is 0. The lowest BCUT2D eigenvalue weighted by Gasteiger charge is -2.30. The molecule has 0 unspecified atom stereocenters. The molecule has 0 fully saturated rings. The molecule has 0 bridgehead atoms. The lowest BCUT2D eigenvalue weighted by Crippen LogP contribution is -2.35. The Morgan fingerprint density at radius 3 is 2.57 bits per heavy atom. The molecule has 2 aromatic carbocycles. The molecule has 2 heterocycles. The van der Waals surface area contributed by atoms with E-state index in [2.05, 4.69) is 4.72 Å². The van der Waals surface area contributed by atoms with E-state index in [9.17, 15) is 13.2 Å². The van der Waals surface area contributed by atoms with E-state index in [-0.39, 0.29) is 5.91 Å². The van der Waals surface area contributed by atoms with Crippen LogP contribution in [0, 0.1) is 6.92 Å². The summed E-state index contributed by atoms with van der Waals surface area (Å²) in [4.78, 5) is 15.6. The largest absolute Gasteiger partial charge is 0.308 e. The number of hydrogen-bond donors (Lipinski definition) is 1. The minimum Gasteiger partial charge on any atom is -0.308 e. The number of fused-ring (bicyclic) bond motifs is 1. The molecule has 0 saturated heterocycles. The first-order chi connectivity index (χ1) is 13.4. The highest BCUT2D eigenvalue weighted by molar-refractivity contribution is 7.94. The Labute approximate surface area is 168 Å². The molecule has 7 heteroatoms. The van der Waals surface area contributed by atoms with Crippen LogP contribution in [0.1, 0.15) is 27.2 Å². The topological polar surface area (TPSA) is 66.5 Å². The van der Waals surface area contributed by atoms with Crippen molar-refractivity contribution in [3.05, 3.63) is 76.7 Å². The minimum absolute atomic E-state index is 0.0380. The number of benzene rings is 2. The van der Waals surface area contributed by atoms with Crippen LogP contribution < -0.4 is 9.62 Å². The molecule has 0 spiro atoms. The van der Waals surface area contributed by atoms with Gasteiger partial charge in [-0.25, -0.2) is 8.42 Å². The van der Waals surface area contributed by atoms with Gasteiger partial charge in [-0.15, -0.1) is 11.3 Å². The first-order valence-electron chi connectivity index (χ1n) is 9.03. The van der Waals surface area contributed by atoms with Crippen LogP contribution in [0.25, 0.3) is 0 Å². The second-order valence-electron chi connectivity index (χ2n) is 6.74. The predicted molar refractivity (Wildman–Crippen MR) is 113 cm³/mol. The summed E-state index contributed by atoms with van der Waals surface area (Å²) in [7, 11) is -3.60. The van der Waals surface area contributed by atoms with Gasteiger partial charge in [0.1, 0.15) is 4.21 Å². The van der Waals surface area contributed by atoms with Gasteiger partial charge in [0.15, 0.2) is 0 Å². The third kappa shape index (κ3) is 3.68. The van der Waals surface area contributed by atoms with E-state index < -0.39 is 10.0 Å². The van der Waals surface area contributed by atoms with Gasteiger partial charge in [0, 0.05) is 28.4 Å². The average Bonchev–Trinajstić information content (AvgIpc) is 3.14. The van der Waals surface area contributed by atoms with Crippen molar-refractivity contribution in [2.45, 2.75) is 24.0 Å². The van der Waals surface area contributed by atoms with Crippen LogP contribution in [0.4, 0.5) is 11.4 Å². The number of sulfonamides is 1. The van der Waals surface area contributed by atoms with E-state index in [1.165, 1.54) is 11.3 Å². The van der Waals surface area contributed by atoms with E-state index in [1.54, 1.807) is 23.1 Å². The second kappa shape index (κ2) is 7.41. The Morgan fingerprint density at radius 1 is 1.07 bits per heavy atom. The van der Waals surface area contributed by atoms with Gasteiger partial charge in [0.2, 0.25) is 0 Å². The maximum absolute atomic E-state index is 12.9. The molecule has 144 valence electrons. The summed E-state index contributed by atoms with van der Waals surface area (Å²) in [5.74, 6) is -0.0380. The number of nitrogens with zero attached hydrogens (tertiary/aromatic N) is 1. The number of anilines is 2. The SMILES string of the molecule is Cc1ccc(S(=O)(=O)Nc2ccc3c(c2)CCCN3C(=O)c2ccccc2)s1. The van der Waals surface area contributed by atoms with Crippen LogP contribution in [0.3, 0.4) is 0 Å². The molecule has 1 N–H and O–H groups in total. The van der Waals surface area contributed by atoms with E-state index in [0.717, 1.165) is 29.0 Å². The molecule has 0 radical (unpaired) electrons. The van der Waals surface area contributed by atoms with E-state index in [4.69, 9.17) is 0 Å². The fourth-order valence-electron chi connectivity index (χ4n) is 3.37. The third-order valence-electron chi connectivity index (χ3n) is 4.70. The molecule has 4 rings (SSSR count). The summed E-state index contributed by atoms with van der Waals surface area (Å²) in [6.45, 7) is 2.53. The number of amides is 1. The second-order valence-corrected chi connectivity index (χ2v) is 9.94. The summed E-state index contributed by atoms with van der Waals surface area (Å²) in [5.41, 5.74) is 2.97. The zero-order valence-electron chi connectivity index (χ0n) is 15.4. The van der Waals surface area contributed by atoms with Gasteiger partial charge >= 0.3 is 0 Å². The highest BCUT2D eigenvalue weighted by Crippen LogP contribution is 2.32. The molecular weight excluding hydrogens is 392 g/mol. The number of carbonyl (C=O) groups excluding carboxylic acids is 1. The molecule has 28 heavy (non-hydrogen) atoms. The number of thiophene rings is 1. The van der Waals surface area contributed by atoms with Gasteiger partial charge in [0.25, 0.3) is 15.9 Å². The van der Waals surface area contributed by atoms with Gasteiger partial charge < -0.3 is 4.90 Å². The first kappa shape index (κ1) is 18.7. The van der Waals surface area contributed by atoms with Gasteiger partial charge in [-0.1, -0.05) is 18.2 Å². The van der Waals surface area contributed by atoms with Crippen molar-refractivity contribution >= 4 is 38.6 Å². The molecule has 0 atom stereocenters. The van der Waals surface area contributed by atoms with Crippen LogP contribution in [0.2, 0.25) is 0 Å². The molecule has 0 saturated carbocycles. The Bertz CT molecular complexity index is 1120. The lowest BCUT2D eigenvalue weighted by atomic mass is 10.00. The fourth-order valence-corrected chi connectivity index (χ4v) is 5.70. The van der Waals surface area contributed by atoms with Gasteiger partial charge in [0.05, 0.1) is 0 Å². The van der Waals surface area contributed by atoms with Crippen molar-refractivity contribution in [1.29, 1.82) is 0 Å². The highest BCUT2D eigenvalue weighted by Gasteiger charge is 2.24. The fraction of sp³-hybridized carbons (Fsp3) is 0.190. The van der Waals surface area contributed by atoms with E-state index in [0.29, 0.717) is 22.0 Å². The van der Waals surface area contributed by atoms with Crippen molar-refractivity contribution in [2.75, 3.05) is 16.2 Å². The summed E-state index contributed by atoms with van der Waals surface area (Å²) in [6, 6.07) is 18.0. The lowest BCUT2D eigenvalue weighted by molar-refractivity contribution is 0.0985. The standard InChI is InChI=1S/C21H20N2O3S2/c1-15-9-12-20(27-15)28(25,26)22-18-10-11-19-17(14-18)8-5-13-23(19)21(24)16-6-3-2-4-7-16/h2-4,6-7,9-12,14,22H,5,8,13H2,1H3. The Morgan fingerprint density at radius 2 is 1.86 bits per heavy atom. The molecule has 1 amide bonds. The monoisotopic (exact) mass is 412 g/mol. The molecule has 3 aromatic rings. The molecular formula is C21H20N2O3S2. The highest BCUT2D eigenvalue weighted by atomic mass is 32.2. The zero-order chi connectivity index (χ0) is 19.7. The number of hydrogen-bond acceptors (Lipinski definition) is 4. The number of rotatable bonds is 4. The molecule has 1 aliphatic heterocycles. The van der Waals surface area contributed by atoms with Gasteiger partial charge in [-0.05, 0) is 67.8 Å². The van der Waals surface area contributed by atoms with Crippen molar-refractivity contribution in [3.63, 3.8) is 0 Å². The zero-order valence-corrected chi connectivity index (χ0v) is 17.0. The van der Waals surface area contributed by atoms with Gasteiger partial charge in [-0.3, -0.25) is 9.52 Å².